The molecule has 2 aliphatic rings. The fraction of sp³-hybridized carbons (Fsp3) is 0.650. The lowest BCUT2D eigenvalue weighted by Gasteiger charge is -2.34. The molecule has 1 aromatic rings. The Labute approximate surface area is 157 Å². The lowest BCUT2D eigenvalue weighted by molar-refractivity contribution is -0.0432. The number of guanidine groups is 1. The number of para-hydroxylation sites is 1. The Morgan fingerprint density at radius 2 is 2.27 bits per heavy atom. The van der Waals surface area contributed by atoms with Crippen LogP contribution < -0.4 is 10.1 Å². The predicted octanol–water partition coefficient (Wildman–Crippen LogP) is 1.96. The first-order valence-corrected chi connectivity index (χ1v) is 9.68. The Morgan fingerprint density at radius 1 is 1.42 bits per heavy atom. The number of methoxy groups -OCH3 is 1. The summed E-state index contributed by atoms with van der Waals surface area (Å²) in [7, 11) is 3.77. The average Bonchev–Trinajstić information content (AvgIpc) is 3.13. The van der Waals surface area contributed by atoms with Gasteiger partial charge in [0, 0.05) is 38.3 Å². The van der Waals surface area contributed by atoms with Crippen LogP contribution in [0.4, 0.5) is 0 Å². The normalized spacial score (nSPS) is 23.6. The van der Waals surface area contributed by atoms with Crippen molar-refractivity contribution in [2.24, 2.45) is 4.99 Å². The van der Waals surface area contributed by atoms with Gasteiger partial charge in [0.25, 0.3) is 0 Å². The number of fused-ring (bicyclic) bond motifs is 1. The minimum Gasteiger partial charge on any atom is -0.496 e. The molecule has 6 heteroatoms. The summed E-state index contributed by atoms with van der Waals surface area (Å²) in [5, 5.41) is 3.39. The smallest absolute Gasteiger partial charge is 0.194 e. The fourth-order valence-corrected chi connectivity index (χ4v) is 3.82. The molecule has 3 rings (SSSR count). The lowest BCUT2D eigenvalue weighted by Crippen LogP contribution is -2.47. The second-order valence-corrected chi connectivity index (χ2v) is 7.11. The molecular formula is C20H32N4O2. The number of morpholine rings is 1. The van der Waals surface area contributed by atoms with Gasteiger partial charge < -0.3 is 19.7 Å². The molecule has 2 fully saturated rings. The van der Waals surface area contributed by atoms with Crippen LogP contribution >= 0.6 is 0 Å². The lowest BCUT2D eigenvalue weighted by atomic mass is 10.2. The Bertz CT molecular complexity index is 607. The summed E-state index contributed by atoms with van der Waals surface area (Å²) in [6.07, 6.45) is 2.77. The molecule has 2 aliphatic heterocycles. The minimum absolute atomic E-state index is 0.192. The van der Waals surface area contributed by atoms with Crippen molar-refractivity contribution < 1.29 is 9.47 Å². The molecule has 0 radical (unpaired) electrons. The molecule has 2 atom stereocenters. The molecule has 1 aromatic carbocycles. The number of benzene rings is 1. The van der Waals surface area contributed by atoms with E-state index in [4.69, 9.17) is 14.5 Å². The second kappa shape index (κ2) is 9.24. The Kier molecular flexibility index (Phi) is 6.74. The van der Waals surface area contributed by atoms with Crippen molar-refractivity contribution in [1.82, 2.24) is 15.1 Å². The minimum atomic E-state index is 0.192. The van der Waals surface area contributed by atoms with Crippen LogP contribution in [0.15, 0.2) is 29.3 Å². The first kappa shape index (κ1) is 19.0. The molecule has 0 aliphatic carbocycles. The van der Waals surface area contributed by atoms with Crippen LogP contribution in [0.5, 0.6) is 5.75 Å². The second-order valence-electron chi connectivity index (χ2n) is 7.11. The zero-order valence-corrected chi connectivity index (χ0v) is 16.3. The molecule has 2 heterocycles. The maximum absolute atomic E-state index is 6.04. The van der Waals surface area contributed by atoms with E-state index in [1.165, 1.54) is 19.4 Å². The van der Waals surface area contributed by atoms with Crippen molar-refractivity contribution in [1.29, 1.82) is 0 Å². The molecular weight excluding hydrogens is 328 g/mol. The third-order valence-corrected chi connectivity index (χ3v) is 5.20. The Balaban J connectivity index is 1.61. The highest BCUT2D eigenvalue weighted by Crippen LogP contribution is 2.23. The van der Waals surface area contributed by atoms with Crippen LogP contribution in [0.3, 0.4) is 0 Å². The summed E-state index contributed by atoms with van der Waals surface area (Å²) in [4.78, 5) is 9.55. The van der Waals surface area contributed by atoms with E-state index in [2.05, 4.69) is 35.2 Å². The van der Waals surface area contributed by atoms with Gasteiger partial charge in [0.05, 0.1) is 26.4 Å². The molecule has 0 saturated carbocycles. The van der Waals surface area contributed by atoms with E-state index in [1.807, 2.05) is 18.2 Å². The SMILES string of the molecule is CCNC(=NCC1CN2CCCC2CO1)N(C)Cc1ccccc1OC. The van der Waals surface area contributed by atoms with Gasteiger partial charge in [-0.25, -0.2) is 0 Å². The van der Waals surface area contributed by atoms with Crippen molar-refractivity contribution in [3.63, 3.8) is 0 Å². The maximum Gasteiger partial charge on any atom is 0.194 e. The highest BCUT2D eigenvalue weighted by atomic mass is 16.5. The number of nitrogens with one attached hydrogen (secondary N) is 1. The van der Waals surface area contributed by atoms with E-state index in [-0.39, 0.29) is 6.10 Å². The number of nitrogens with zero attached hydrogens (tertiary/aromatic N) is 3. The van der Waals surface area contributed by atoms with Gasteiger partial charge in [0.15, 0.2) is 5.96 Å². The van der Waals surface area contributed by atoms with Gasteiger partial charge in [-0.2, -0.15) is 0 Å². The number of ether oxygens (including phenoxy) is 2. The first-order chi connectivity index (χ1) is 12.7. The van der Waals surface area contributed by atoms with Gasteiger partial charge in [0.1, 0.15) is 5.75 Å². The van der Waals surface area contributed by atoms with Gasteiger partial charge in [-0.1, -0.05) is 18.2 Å². The molecule has 0 spiro atoms. The van der Waals surface area contributed by atoms with Gasteiger partial charge in [-0.05, 0) is 32.4 Å². The van der Waals surface area contributed by atoms with Crippen LogP contribution in [-0.2, 0) is 11.3 Å². The van der Waals surface area contributed by atoms with Gasteiger partial charge in [-0.3, -0.25) is 9.89 Å². The van der Waals surface area contributed by atoms with Crippen LogP contribution in [0.2, 0.25) is 0 Å². The molecule has 2 unspecified atom stereocenters. The van der Waals surface area contributed by atoms with Crippen molar-refractivity contribution >= 4 is 5.96 Å². The predicted molar refractivity (Wildman–Crippen MR) is 105 cm³/mol. The first-order valence-electron chi connectivity index (χ1n) is 9.68. The third-order valence-electron chi connectivity index (χ3n) is 5.20. The van der Waals surface area contributed by atoms with Crippen LogP contribution in [0.25, 0.3) is 0 Å². The molecule has 0 bridgehead atoms. The third kappa shape index (κ3) is 4.68. The van der Waals surface area contributed by atoms with Crippen molar-refractivity contribution in [2.45, 2.75) is 38.5 Å². The van der Waals surface area contributed by atoms with Gasteiger partial charge in [0.2, 0.25) is 0 Å². The number of hydrogen-bond acceptors (Lipinski definition) is 4. The summed E-state index contributed by atoms with van der Waals surface area (Å²) in [5.41, 5.74) is 1.15. The molecule has 0 amide bonds. The summed E-state index contributed by atoms with van der Waals surface area (Å²) in [5.74, 6) is 1.82. The summed E-state index contributed by atoms with van der Waals surface area (Å²) in [6, 6.07) is 8.76. The number of rotatable bonds is 6. The average molecular weight is 361 g/mol. The highest BCUT2D eigenvalue weighted by Gasteiger charge is 2.32. The summed E-state index contributed by atoms with van der Waals surface area (Å²) >= 11 is 0. The topological polar surface area (TPSA) is 49.3 Å². The van der Waals surface area contributed by atoms with E-state index < -0.39 is 0 Å². The highest BCUT2D eigenvalue weighted by molar-refractivity contribution is 5.79. The maximum atomic E-state index is 6.04. The van der Waals surface area contributed by atoms with E-state index in [9.17, 15) is 0 Å². The van der Waals surface area contributed by atoms with Crippen molar-refractivity contribution in [3.8, 4) is 5.75 Å². The van der Waals surface area contributed by atoms with E-state index in [0.717, 1.165) is 43.5 Å². The van der Waals surface area contributed by atoms with E-state index >= 15 is 0 Å². The zero-order valence-electron chi connectivity index (χ0n) is 16.3. The quantitative estimate of drug-likeness (QED) is 0.621. The van der Waals surface area contributed by atoms with Crippen molar-refractivity contribution in [3.05, 3.63) is 29.8 Å². The summed E-state index contributed by atoms with van der Waals surface area (Å²) in [6.45, 7) is 7.45. The van der Waals surface area contributed by atoms with Crippen LogP contribution in [-0.4, -0.2) is 74.8 Å². The molecule has 1 N–H and O–H groups in total. The summed E-state index contributed by atoms with van der Waals surface area (Å²) < 4.78 is 11.5. The number of hydrogen-bond donors (Lipinski definition) is 1. The molecule has 6 nitrogen and oxygen atoms in total. The van der Waals surface area contributed by atoms with E-state index in [0.29, 0.717) is 12.6 Å². The molecule has 0 aromatic heterocycles. The van der Waals surface area contributed by atoms with Gasteiger partial charge in [-0.15, -0.1) is 0 Å². The largest absolute Gasteiger partial charge is 0.496 e. The molecule has 2 saturated heterocycles. The van der Waals surface area contributed by atoms with Crippen molar-refractivity contribution in [2.75, 3.05) is 46.9 Å². The molecule has 26 heavy (non-hydrogen) atoms. The monoisotopic (exact) mass is 360 g/mol. The zero-order chi connectivity index (χ0) is 18.4. The van der Waals surface area contributed by atoms with E-state index in [1.54, 1.807) is 7.11 Å². The van der Waals surface area contributed by atoms with Crippen LogP contribution in [0, 0.1) is 0 Å². The fourth-order valence-electron chi connectivity index (χ4n) is 3.82. The Hall–Kier alpha value is -1.79. The van der Waals surface area contributed by atoms with Crippen LogP contribution in [0.1, 0.15) is 25.3 Å². The Morgan fingerprint density at radius 3 is 3.08 bits per heavy atom. The standard InChI is InChI=1S/C20H32N4O2/c1-4-21-20(23(2)13-16-8-5-6-10-19(16)25-3)22-12-18-14-24-11-7-9-17(24)15-26-18/h5-6,8,10,17-18H,4,7,9,11-15H2,1-3H3,(H,21,22). The number of aliphatic imine (C=N–C) groups is 1. The van der Waals surface area contributed by atoms with Gasteiger partial charge >= 0.3 is 0 Å². The molecule has 144 valence electrons.